The van der Waals surface area contributed by atoms with Crippen LogP contribution in [0.4, 0.5) is 0 Å². The van der Waals surface area contributed by atoms with E-state index >= 15 is 0 Å². The average molecular weight is 170 g/mol. The van der Waals surface area contributed by atoms with E-state index in [9.17, 15) is 5.11 Å². The third-order valence-electron chi connectivity index (χ3n) is 3.60. The normalized spacial score (nSPS) is 53.8. The predicted molar refractivity (Wildman–Crippen MR) is 46.9 cm³/mol. The number of rotatable bonds is 0. The topological polar surface area (TPSA) is 29.5 Å². The molecule has 2 heteroatoms. The van der Waals surface area contributed by atoms with Crippen molar-refractivity contribution in [2.24, 2.45) is 11.8 Å². The Bertz CT molecular complexity index is 177. The summed E-state index contributed by atoms with van der Waals surface area (Å²) in [6.07, 6.45) is 3.25. The van der Waals surface area contributed by atoms with Crippen molar-refractivity contribution in [3.8, 4) is 0 Å². The minimum absolute atomic E-state index is 0.104. The maximum Gasteiger partial charge on any atom is 0.0880 e. The Labute approximate surface area is 73.9 Å². The minimum atomic E-state index is -0.559. The molecule has 2 bridgehead atoms. The Morgan fingerprint density at radius 3 is 3.00 bits per heavy atom. The first-order valence-electron chi connectivity index (χ1n) is 4.93. The molecule has 1 N–H and O–H groups in total. The maximum atomic E-state index is 9.95. The molecule has 4 atom stereocenters. The fourth-order valence-electron chi connectivity index (χ4n) is 2.45. The van der Waals surface area contributed by atoms with E-state index in [1.54, 1.807) is 0 Å². The van der Waals surface area contributed by atoms with Crippen LogP contribution in [0.1, 0.15) is 33.1 Å². The summed E-state index contributed by atoms with van der Waals surface area (Å²) in [7, 11) is 0. The Kier molecular flexibility index (Phi) is 1.92. The Morgan fingerprint density at radius 2 is 2.25 bits per heavy atom. The molecule has 1 saturated carbocycles. The van der Waals surface area contributed by atoms with E-state index in [-0.39, 0.29) is 6.10 Å². The number of fused-ring (bicyclic) bond motifs is 2. The van der Waals surface area contributed by atoms with Crippen molar-refractivity contribution >= 4 is 0 Å². The third-order valence-corrected chi connectivity index (χ3v) is 3.60. The molecule has 0 amide bonds. The van der Waals surface area contributed by atoms with E-state index in [1.807, 2.05) is 6.92 Å². The zero-order chi connectivity index (χ0) is 8.77. The second-order valence-electron chi connectivity index (χ2n) is 4.69. The molecule has 2 rings (SSSR count). The molecule has 0 radical (unpaired) electrons. The Balaban J connectivity index is 2.09. The van der Waals surface area contributed by atoms with Crippen LogP contribution in [0.5, 0.6) is 0 Å². The summed E-state index contributed by atoms with van der Waals surface area (Å²) in [5.41, 5.74) is -0.559. The zero-order valence-corrected chi connectivity index (χ0v) is 7.92. The zero-order valence-electron chi connectivity index (χ0n) is 7.92. The van der Waals surface area contributed by atoms with Crippen LogP contribution < -0.4 is 0 Å². The molecule has 2 fully saturated rings. The van der Waals surface area contributed by atoms with E-state index in [1.165, 1.54) is 6.42 Å². The van der Waals surface area contributed by atoms with Gasteiger partial charge in [0.25, 0.3) is 0 Å². The van der Waals surface area contributed by atoms with E-state index in [0.717, 1.165) is 25.4 Å². The van der Waals surface area contributed by atoms with Crippen LogP contribution in [0, 0.1) is 11.8 Å². The highest BCUT2D eigenvalue weighted by Gasteiger charge is 2.43. The number of ether oxygens (including phenoxy) is 1. The molecule has 0 aromatic rings. The van der Waals surface area contributed by atoms with Gasteiger partial charge in [-0.3, -0.25) is 0 Å². The van der Waals surface area contributed by atoms with Crippen LogP contribution in [0.2, 0.25) is 0 Å². The molecule has 2 nitrogen and oxygen atoms in total. The second kappa shape index (κ2) is 2.71. The minimum Gasteiger partial charge on any atom is -0.387 e. The lowest BCUT2D eigenvalue weighted by atomic mass is 9.71. The van der Waals surface area contributed by atoms with Crippen LogP contribution in [-0.4, -0.2) is 23.4 Å². The second-order valence-corrected chi connectivity index (χ2v) is 4.69. The van der Waals surface area contributed by atoms with Gasteiger partial charge in [0, 0.05) is 6.61 Å². The van der Waals surface area contributed by atoms with Gasteiger partial charge in [0.05, 0.1) is 11.7 Å². The van der Waals surface area contributed by atoms with Crippen molar-refractivity contribution in [1.82, 2.24) is 0 Å². The molecule has 0 aromatic heterocycles. The van der Waals surface area contributed by atoms with E-state index in [2.05, 4.69) is 6.92 Å². The summed E-state index contributed by atoms with van der Waals surface area (Å²) in [5, 5.41) is 9.95. The molecule has 1 saturated heterocycles. The van der Waals surface area contributed by atoms with E-state index in [0.29, 0.717) is 5.92 Å². The van der Waals surface area contributed by atoms with Crippen LogP contribution in [0.25, 0.3) is 0 Å². The van der Waals surface area contributed by atoms with Gasteiger partial charge in [-0.25, -0.2) is 0 Å². The molecule has 70 valence electrons. The van der Waals surface area contributed by atoms with Gasteiger partial charge in [0.1, 0.15) is 0 Å². The smallest absolute Gasteiger partial charge is 0.0880 e. The van der Waals surface area contributed by atoms with E-state index < -0.39 is 5.60 Å². The molecular weight excluding hydrogens is 152 g/mol. The summed E-state index contributed by atoms with van der Waals surface area (Å²) < 4.78 is 5.63. The first kappa shape index (κ1) is 8.52. The lowest BCUT2D eigenvalue weighted by molar-refractivity contribution is -0.172. The van der Waals surface area contributed by atoms with Crippen molar-refractivity contribution in [3.05, 3.63) is 0 Å². The molecule has 2 aliphatic rings. The highest BCUT2D eigenvalue weighted by atomic mass is 16.5. The fraction of sp³-hybridized carbons (Fsp3) is 1.00. The molecular formula is C10H18O2. The van der Waals surface area contributed by atoms with Gasteiger partial charge in [0.2, 0.25) is 0 Å². The monoisotopic (exact) mass is 170 g/mol. The quantitative estimate of drug-likeness (QED) is 0.598. The first-order chi connectivity index (χ1) is 5.59. The van der Waals surface area contributed by atoms with Crippen LogP contribution in [0.3, 0.4) is 0 Å². The van der Waals surface area contributed by atoms with Crippen molar-refractivity contribution in [2.45, 2.75) is 44.8 Å². The molecule has 1 aliphatic heterocycles. The maximum absolute atomic E-state index is 9.95. The van der Waals surface area contributed by atoms with Gasteiger partial charge in [0.15, 0.2) is 0 Å². The first-order valence-corrected chi connectivity index (χ1v) is 4.93. The molecule has 12 heavy (non-hydrogen) atoms. The predicted octanol–water partition coefficient (Wildman–Crippen LogP) is 1.57. The summed E-state index contributed by atoms with van der Waals surface area (Å²) in [4.78, 5) is 0. The highest BCUT2D eigenvalue weighted by molar-refractivity contribution is 4.94. The lowest BCUT2D eigenvalue weighted by Gasteiger charge is -2.46. The molecule has 1 aliphatic carbocycles. The summed E-state index contributed by atoms with van der Waals surface area (Å²) in [5.74, 6) is 1.49. The fourth-order valence-corrected chi connectivity index (χ4v) is 2.45. The van der Waals surface area contributed by atoms with Gasteiger partial charge in [-0.15, -0.1) is 0 Å². The summed E-state index contributed by atoms with van der Waals surface area (Å²) in [6, 6.07) is 0. The van der Waals surface area contributed by atoms with Crippen molar-refractivity contribution in [1.29, 1.82) is 0 Å². The van der Waals surface area contributed by atoms with Gasteiger partial charge in [-0.2, -0.15) is 0 Å². The summed E-state index contributed by atoms with van der Waals surface area (Å²) >= 11 is 0. The standard InChI is InChI=1S/C10H18O2/c1-7-6-12-9-5-8(7)3-4-10(9,2)11/h7-9,11H,3-6H2,1-2H3/t7-,8-,9-,10-/m1/s1. The lowest BCUT2D eigenvalue weighted by Crippen LogP contribution is -2.51. The van der Waals surface area contributed by atoms with Crippen LogP contribution in [-0.2, 0) is 4.74 Å². The van der Waals surface area contributed by atoms with Gasteiger partial charge in [-0.05, 0) is 38.0 Å². The molecule has 1 heterocycles. The number of hydrogen-bond acceptors (Lipinski definition) is 2. The number of aliphatic hydroxyl groups is 1. The molecule has 0 spiro atoms. The Hall–Kier alpha value is -0.0800. The largest absolute Gasteiger partial charge is 0.387 e. The van der Waals surface area contributed by atoms with E-state index in [4.69, 9.17) is 4.74 Å². The van der Waals surface area contributed by atoms with Gasteiger partial charge < -0.3 is 9.84 Å². The van der Waals surface area contributed by atoms with Crippen molar-refractivity contribution in [2.75, 3.05) is 6.61 Å². The molecule has 0 unspecified atom stereocenters. The van der Waals surface area contributed by atoms with Crippen molar-refractivity contribution in [3.63, 3.8) is 0 Å². The van der Waals surface area contributed by atoms with Crippen molar-refractivity contribution < 1.29 is 9.84 Å². The van der Waals surface area contributed by atoms with Crippen LogP contribution in [0.15, 0.2) is 0 Å². The number of hydrogen-bond donors (Lipinski definition) is 1. The summed E-state index contributed by atoms with van der Waals surface area (Å²) in [6.45, 7) is 5.00. The average Bonchev–Trinajstić information content (AvgIpc) is 2.02. The van der Waals surface area contributed by atoms with Crippen LogP contribution >= 0.6 is 0 Å². The third kappa shape index (κ3) is 1.27. The highest BCUT2D eigenvalue weighted by Crippen LogP contribution is 2.41. The molecule has 0 aromatic carbocycles. The van der Waals surface area contributed by atoms with Gasteiger partial charge in [-0.1, -0.05) is 6.92 Å². The SMILES string of the molecule is C[C@@H]1CO[C@@H]2C[C@H]1CC[C@@]2(C)O. The Morgan fingerprint density at radius 1 is 1.50 bits per heavy atom. The van der Waals surface area contributed by atoms with Gasteiger partial charge >= 0.3 is 0 Å².